The van der Waals surface area contributed by atoms with Crippen molar-refractivity contribution in [1.82, 2.24) is 5.32 Å². The maximum atomic E-state index is 12.6. The Kier molecular flexibility index (Phi) is 7.28. The molecule has 162 valence electrons. The second-order valence-electron chi connectivity index (χ2n) is 7.04. The Labute approximate surface area is 197 Å². The highest BCUT2D eigenvalue weighted by molar-refractivity contribution is 9.10. The molecule has 1 aliphatic rings. The summed E-state index contributed by atoms with van der Waals surface area (Å²) < 4.78 is 0.856. The number of allylic oxidation sites excluding steroid dienone is 3. The predicted molar refractivity (Wildman–Crippen MR) is 126 cm³/mol. The van der Waals surface area contributed by atoms with Crippen LogP contribution in [0.3, 0.4) is 0 Å². The molecule has 0 aromatic heterocycles. The molecule has 1 atom stereocenters. The van der Waals surface area contributed by atoms with E-state index in [1.807, 2.05) is 0 Å². The molecule has 0 spiro atoms. The summed E-state index contributed by atoms with van der Waals surface area (Å²) in [5.74, 6) is -1.26. The van der Waals surface area contributed by atoms with Crippen molar-refractivity contribution in [2.75, 3.05) is 5.75 Å². The highest BCUT2D eigenvalue weighted by Crippen LogP contribution is 2.43. The van der Waals surface area contributed by atoms with Crippen LogP contribution in [0, 0.1) is 21.4 Å². The van der Waals surface area contributed by atoms with Gasteiger partial charge in [-0.3, -0.25) is 19.7 Å². The molecule has 0 saturated heterocycles. The molecular formula is C23H18BrN3O4S. The third kappa shape index (κ3) is 4.82. The first-order chi connectivity index (χ1) is 15.2. The number of hydrogen-bond donors (Lipinski definition) is 1. The maximum Gasteiger partial charge on any atom is 0.273 e. The van der Waals surface area contributed by atoms with E-state index < -0.39 is 10.8 Å². The standard InChI is InChI=1S/C23H18BrN3O4S/c1-13-21(14(2)28)22(17-5-3-4-6-19(17)27(30)31)18(11-25)23(26-13)32-12-20(29)15-7-9-16(24)10-8-15/h3-10,22,26H,12H2,1-2H3/t22-/m0/s1. The Bertz CT molecular complexity index is 1210. The van der Waals surface area contributed by atoms with Crippen LogP contribution in [0.25, 0.3) is 0 Å². The van der Waals surface area contributed by atoms with Gasteiger partial charge in [0.25, 0.3) is 5.69 Å². The van der Waals surface area contributed by atoms with Gasteiger partial charge >= 0.3 is 0 Å². The quantitative estimate of drug-likeness (QED) is 0.306. The number of nitriles is 1. The molecule has 0 bridgehead atoms. The third-order valence-corrected chi connectivity index (χ3v) is 6.53. The molecule has 0 saturated carbocycles. The molecule has 0 amide bonds. The molecule has 2 aromatic rings. The molecule has 1 aliphatic heterocycles. The van der Waals surface area contributed by atoms with E-state index in [0.717, 1.165) is 16.2 Å². The van der Waals surface area contributed by atoms with Crippen molar-refractivity contribution in [3.63, 3.8) is 0 Å². The monoisotopic (exact) mass is 511 g/mol. The SMILES string of the molecule is CC(=O)C1=C(C)NC(SCC(=O)c2ccc(Br)cc2)=C(C#N)[C@@H]1c1ccccc1[N+](=O)[O-]. The van der Waals surface area contributed by atoms with E-state index in [4.69, 9.17) is 0 Å². The van der Waals surface area contributed by atoms with E-state index in [0.29, 0.717) is 21.9 Å². The van der Waals surface area contributed by atoms with Crippen molar-refractivity contribution in [3.05, 3.63) is 96.1 Å². The molecule has 0 aliphatic carbocycles. The number of para-hydroxylation sites is 1. The fourth-order valence-electron chi connectivity index (χ4n) is 3.56. The molecule has 3 rings (SSSR count). The van der Waals surface area contributed by atoms with Gasteiger partial charge in [0.2, 0.25) is 0 Å². The fraction of sp³-hybridized carbons (Fsp3) is 0.174. The fourth-order valence-corrected chi connectivity index (χ4v) is 4.81. The molecule has 1 heterocycles. The first-order valence-electron chi connectivity index (χ1n) is 9.52. The van der Waals surface area contributed by atoms with Gasteiger partial charge in [0.15, 0.2) is 11.6 Å². The number of nitrogens with one attached hydrogen (secondary N) is 1. The number of hydrogen-bond acceptors (Lipinski definition) is 7. The van der Waals surface area contributed by atoms with Crippen LogP contribution in [0.2, 0.25) is 0 Å². The Balaban J connectivity index is 2.03. The average molecular weight is 512 g/mol. The Hall–Kier alpha value is -3.22. The lowest BCUT2D eigenvalue weighted by Crippen LogP contribution is -2.27. The summed E-state index contributed by atoms with van der Waals surface area (Å²) in [5, 5.41) is 25.1. The van der Waals surface area contributed by atoms with E-state index in [-0.39, 0.29) is 34.1 Å². The second kappa shape index (κ2) is 9.94. The average Bonchev–Trinajstić information content (AvgIpc) is 2.77. The summed E-state index contributed by atoms with van der Waals surface area (Å²) in [6.45, 7) is 3.05. The predicted octanol–water partition coefficient (Wildman–Crippen LogP) is 5.26. The van der Waals surface area contributed by atoms with Crippen molar-refractivity contribution in [2.45, 2.75) is 19.8 Å². The Morgan fingerprint density at radius 2 is 1.88 bits per heavy atom. The van der Waals surface area contributed by atoms with Crippen LogP contribution in [-0.4, -0.2) is 22.2 Å². The Morgan fingerprint density at radius 1 is 1.22 bits per heavy atom. The number of nitrogens with zero attached hydrogens (tertiary/aromatic N) is 2. The number of dihydropyridines is 1. The van der Waals surface area contributed by atoms with E-state index in [1.165, 1.54) is 19.1 Å². The number of benzene rings is 2. The number of rotatable bonds is 7. The number of ketones is 2. The zero-order chi connectivity index (χ0) is 23.4. The summed E-state index contributed by atoms with van der Waals surface area (Å²) in [4.78, 5) is 36.2. The van der Waals surface area contributed by atoms with Crippen LogP contribution in [0.4, 0.5) is 5.69 Å². The van der Waals surface area contributed by atoms with Crippen molar-refractivity contribution >= 4 is 44.9 Å². The van der Waals surface area contributed by atoms with Crippen LogP contribution < -0.4 is 5.32 Å². The smallest absolute Gasteiger partial charge is 0.273 e. The van der Waals surface area contributed by atoms with Gasteiger partial charge in [-0.15, -0.1) is 0 Å². The third-order valence-electron chi connectivity index (χ3n) is 4.99. The van der Waals surface area contributed by atoms with Crippen LogP contribution in [0.1, 0.15) is 35.7 Å². The highest BCUT2D eigenvalue weighted by atomic mass is 79.9. The van der Waals surface area contributed by atoms with Gasteiger partial charge in [0, 0.05) is 32.9 Å². The maximum absolute atomic E-state index is 12.6. The summed E-state index contributed by atoms with van der Waals surface area (Å²) in [5.41, 5.74) is 1.58. The van der Waals surface area contributed by atoms with Crippen LogP contribution in [0.15, 0.2) is 74.9 Å². The molecule has 2 aromatic carbocycles. The van der Waals surface area contributed by atoms with E-state index in [2.05, 4.69) is 27.3 Å². The molecule has 0 radical (unpaired) electrons. The lowest BCUT2D eigenvalue weighted by Gasteiger charge is -2.29. The normalized spacial score (nSPS) is 15.8. The molecule has 7 nitrogen and oxygen atoms in total. The topological polar surface area (TPSA) is 113 Å². The van der Waals surface area contributed by atoms with Gasteiger partial charge in [0.05, 0.1) is 33.3 Å². The molecule has 0 unspecified atom stereocenters. The molecular weight excluding hydrogens is 494 g/mol. The Morgan fingerprint density at radius 3 is 2.47 bits per heavy atom. The van der Waals surface area contributed by atoms with Crippen molar-refractivity contribution in [2.24, 2.45) is 0 Å². The zero-order valence-corrected chi connectivity index (χ0v) is 19.6. The van der Waals surface area contributed by atoms with Crippen LogP contribution in [-0.2, 0) is 4.79 Å². The molecule has 9 heteroatoms. The second-order valence-corrected chi connectivity index (χ2v) is 8.94. The van der Waals surface area contributed by atoms with Crippen LogP contribution >= 0.6 is 27.7 Å². The first kappa shape index (κ1) is 23.4. The number of nitro benzene ring substituents is 1. The lowest BCUT2D eigenvalue weighted by molar-refractivity contribution is -0.385. The summed E-state index contributed by atoms with van der Waals surface area (Å²) >= 11 is 4.47. The van der Waals surface area contributed by atoms with Gasteiger partial charge in [-0.2, -0.15) is 5.26 Å². The zero-order valence-electron chi connectivity index (χ0n) is 17.2. The lowest BCUT2D eigenvalue weighted by atomic mass is 9.80. The summed E-state index contributed by atoms with van der Waals surface area (Å²) in [7, 11) is 0. The number of halogens is 1. The van der Waals surface area contributed by atoms with Gasteiger partial charge in [0.1, 0.15) is 0 Å². The van der Waals surface area contributed by atoms with E-state index in [9.17, 15) is 25.0 Å². The first-order valence-corrected chi connectivity index (χ1v) is 11.3. The van der Waals surface area contributed by atoms with Crippen molar-refractivity contribution < 1.29 is 14.5 Å². The number of nitro groups is 1. The molecule has 32 heavy (non-hydrogen) atoms. The number of carbonyl (C=O) groups is 2. The molecule has 1 N–H and O–H groups in total. The minimum absolute atomic E-state index is 0.0570. The molecule has 0 fully saturated rings. The number of thioether (sulfide) groups is 1. The highest BCUT2D eigenvalue weighted by Gasteiger charge is 2.36. The summed E-state index contributed by atoms with van der Waals surface area (Å²) in [6, 6.07) is 15.1. The summed E-state index contributed by atoms with van der Waals surface area (Å²) in [6.07, 6.45) is 0. The van der Waals surface area contributed by atoms with E-state index >= 15 is 0 Å². The van der Waals surface area contributed by atoms with Crippen molar-refractivity contribution in [1.29, 1.82) is 5.26 Å². The number of carbonyl (C=O) groups excluding carboxylic acids is 2. The minimum atomic E-state index is -0.898. The van der Waals surface area contributed by atoms with Crippen molar-refractivity contribution in [3.8, 4) is 6.07 Å². The minimum Gasteiger partial charge on any atom is -0.353 e. The largest absolute Gasteiger partial charge is 0.353 e. The van der Waals surface area contributed by atoms with Gasteiger partial charge in [-0.05, 0) is 26.0 Å². The van der Waals surface area contributed by atoms with Gasteiger partial charge in [-0.25, -0.2) is 0 Å². The number of Topliss-reactive ketones (excluding diaryl/α,β-unsaturated/α-hetero) is 2. The van der Waals surface area contributed by atoms with Gasteiger partial charge in [-0.1, -0.05) is 58.0 Å². The van der Waals surface area contributed by atoms with Gasteiger partial charge < -0.3 is 5.32 Å². The van der Waals surface area contributed by atoms with E-state index in [1.54, 1.807) is 43.3 Å². The van der Waals surface area contributed by atoms with Crippen LogP contribution in [0.5, 0.6) is 0 Å².